The number of aromatic nitrogens is 3. The minimum absolute atomic E-state index is 0.100. The van der Waals surface area contributed by atoms with Crippen LogP contribution in [0.5, 0.6) is 0 Å². The molecule has 1 N–H and O–H groups in total. The highest BCUT2D eigenvalue weighted by Crippen LogP contribution is 2.30. The summed E-state index contributed by atoms with van der Waals surface area (Å²) in [6, 6.07) is 11.2. The first-order valence-electron chi connectivity index (χ1n) is 9.44. The number of amides is 1. The quantitative estimate of drug-likeness (QED) is 0.568. The molecule has 1 aromatic carbocycles. The third-order valence-corrected chi connectivity index (χ3v) is 5.60. The molecule has 0 fully saturated rings. The minimum atomic E-state index is -0.321. The fraction of sp³-hybridized carbons (Fsp3) is 0.318. The molecule has 0 aliphatic rings. The van der Waals surface area contributed by atoms with Crippen molar-refractivity contribution in [3.05, 3.63) is 75.7 Å². The van der Waals surface area contributed by atoms with Crippen molar-refractivity contribution < 1.29 is 4.79 Å². The monoisotopic (exact) mass is 430 g/mol. The lowest BCUT2D eigenvalue weighted by molar-refractivity contribution is 0.0944. The van der Waals surface area contributed by atoms with E-state index in [0.717, 1.165) is 11.3 Å². The fourth-order valence-electron chi connectivity index (χ4n) is 3.17. The van der Waals surface area contributed by atoms with Crippen molar-refractivity contribution in [1.82, 2.24) is 20.1 Å². The summed E-state index contributed by atoms with van der Waals surface area (Å²) in [6.45, 7) is 8.61. The van der Waals surface area contributed by atoms with Gasteiger partial charge in [-0.15, -0.1) is 0 Å². The zero-order chi connectivity index (χ0) is 21.2. The van der Waals surface area contributed by atoms with E-state index < -0.39 is 0 Å². The van der Waals surface area contributed by atoms with Gasteiger partial charge in [-0.1, -0.05) is 63.0 Å². The van der Waals surface area contributed by atoms with Gasteiger partial charge in [0, 0.05) is 18.2 Å². The molecule has 0 saturated carbocycles. The van der Waals surface area contributed by atoms with E-state index in [1.165, 1.54) is 0 Å². The lowest BCUT2D eigenvalue weighted by Crippen LogP contribution is -2.37. The van der Waals surface area contributed by atoms with Crippen molar-refractivity contribution in [3.63, 3.8) is 0 Å². The van der Waals surface area contributed by atoms with Crippen molar-refractivity contribution in [2.45, 2.75) is 39.0 Å². The molecule has 0 atom stereocenters. The van der Waals surface area contributed by atoms with E-state index in [-0.39, 0.29) is 17.2 Å². The average Bonchev–Trinajstić information content (AvgIpc) is 3.14. The molecule has 2 aromatic heterocycles. The Morgan fingerprint density at radius 1 is 1.17 bits per heavy atom. The van der Waals surface area contributed by atoms with Gasteiger partial charge in [0.25, 0.3) is 5.91 Å². The standard InChI is InChI=1S/C22H24Cl2N4O/c1-14(2)20-16(12-27-28(20)19-7-5-6-10-25-19)21(29)26-13-22(3,4)15-8-9-17(23)18(24)11-15/h5-12,14H,13H2,1-4H3,(H,26,29). The number of carbonyl (C=O) groups is 1. The van der Waals surface area contributed by atoms with Crippen molar-refractivity contribution in [1.29, 1.82) is 0 Å². The third-order valence-electron chi connectivity index (χ3n) is 4.86. The van der Waals surface area contributed by atoms with Crippen LogP contribution in [0.3, 0.4) is 0 Å². The summed E-state index contributed by atoms with van der Waals surface area (Å²) in [6.07, 6.45) is 3.31. The Kier molecular flexibility index (Phi) is 6.30. The van der Waals surface area contributed by atoms with Gasteiger partial charge in [-0.2, -0.15) is 5.10 Å². The Hall–Kier alpha value is -2.37. The molecular weight excluding hydrogens is 407 g/mol. The number of hydrogen-bond donors (Lipinski definition) is 1. The lowest BCUT2D eigenvalue weighted by atomic mass is 9.84. The van der Waals surface area contributed by atoms with E-state index in [2.05, 4.69) is 15.4 Å². The molecule has 7 heteroatoms. The molecule has 0 bridgehead atoms. The van der Waals surface area contributed by atoms with E-state index in [0.29, 0.717) is 28.0 Å². The summed E-state index contributed by atoms with van der Waals surface area (Å²) in [7, 11) is 0. The van der Waals surface area contributed by atoms with Crippen LogP contribution in [-0.4, -0.2) is 27.2 Å². The first-order chi connectivity index (χ1) is 13.7. The SMILES string of the molecule is CC(C)c1c(C(=O)NCC(C)(C)c2ccc(Cl)c(Cl)c2)cnn1-c1ccccn1. The van der Waals surface area contributed by atoms with E-state index >= 15 is 0 Å². The fourth-order valence-corrected chi connectivity index (χ4v) is 3.46. The highest BCUT2D eigenvalue weighted by Gasteiger charge is 2.25. The number of pyridine rings is 1. The predicted octanol–water partition coefficient (Wildman–Crippen LogP) is 5.41. The highest BCUT2D eigenvalue weighted by atomic mass is 35.5. The molecule has 152 valence electrons. The van der Waals surface area contributed by atoms with Gasteiger partial charge in [-0.3, -0.25) is 4.79 Å². The molecule has 3 aromatic rings. The van der Waals surface area contributed by atoms with Gasteiger partial charge in [0.05, 0.1) is 27.5 Å². The molecule has 2 heterocycles. The summed E-state index contributed by atoms with van der Waals surface area (Å²) in [5, 5.41) is 8.47. The van der Waals surface area contributed by atoms with Crippen LogP contribution in [-0.2, 0) is 5.41 Å². The second kappa shape index (κ2) is 8.56. The van der Waals surface area contributed by atoms with Gasteiger partial charge in [0.2, 0.25) is 0 Å². The van der Waals surface area contributed by atoms with Crippen LogP contribution >= 0.6 is 23.2 Å². The largest absolute Gasteiger partial charge is 0.351 e. The first-order valence-corrected chi connectivity index (χ1v) is 10.2. The van der Waals surface area contributed by atoms with Crippen molar-refractivity contribution in [2.75, 3.05) is 6.54 Å². The van der Waals surface area contributed by atoms with Crippen LogP contribution in [0.1, 0.15) is 55.2 Å². The topological polar surface area (TPSA) is 59.8 Å². The van der Waals surface area contributed by atoms with Gasteiger partial charge in [-0.25, -0.2) is 9.67 Å². The molecule has 0 spiro atoms. The summed E-state index contributed by atoms with van der Waals surface area (Å²) >= 11 is 12.2. The first kappa shape index (κ1) is 21.3. The Bertz CT molecular complexity index is 1010. The molecule has 29 heavy (non-hydrogen) atoms. The summed E-state index contributed by atoms with van der Waals surface area (Å²) < 4.78 is 1.73. The second-order valence-electron chi connectivity index (χ2n) is 7.89. The van der Waals surface area contributed by atoms with Crippen LogP contribution in [0.4, 0.5) is 0 Å². The van der Waals surface area contributed by atoms with Crippen LogP contribution in [0.15, 0.2) is 48.8 Å². The van der Waals surface area contributed by atoms with Crippen molar-refractivity contribution in [2.24, 2.45) is 0 Å². The maximum atomic E-state index is 13.0. The third kappa shape index (κ3) is 4.62. The predicted molar refractivity (Wildman–Crippen MR) is 117 cm³/mol. The van der Waals surface area contributed by atoms with E-state index in [9.17, 15) is 4.79 Å². The number of benzene rings is 1. The van der Waals surface area contributed by atoms with Gasteiger partial charge in [0.1, 0.15) is 0 Å². The zero-order valence-corrected chi connectivity index (χ0v) is 18.4. The molecule has 1 amide bonds. The summed E-state index contributed by atoms with van der Waals surface area (Å²) in [5.74, 6) is 0.624. The van der Waals surface area contributed by atoms with E-state index in [4.69, 9.17) is 23.2 Å². The molecule has 0 radical (unpaired) electrons. The van der Waals surface area contributed by atoms with Crippen LogP contribution < -0.4 is 5.32 Å². The summed E-state index contributed by atoms with van der Waals surface area (Å²) in [4.78, 5) is 17.3. The molecule has 0 unspecified atom stereocenters. The number of carbonyl (C=O) groups excluding carboxylic acids is 1. The van der Waals surface area contributed by atoms with E-state index in [1.807, 2.05) is 58.0 Å². The number of rotatable bonds is 6. The van der Waals surface area contributed by atoms with Crippen molar-refractivity contribution >= 4 is 29.1 Å². The summed E-state index contributed by atoms with van der Waals surface area (Å²) in [5.41, 5.74) is 2.06. The maximum Gasteiger partial charge on any atom is 0.254 e. The number of nitrogens with zero attached hydrogens (tertiary/aromatic N) is 3. The van der Waals surface area contributed by atoms with Gasteiger partial charge in [-0.05, 0) is 35.7 Å². The van der Waals surface area contributed by atoms with Crippen molar-refractivity contribution in [3.8, 4) is 5.82 Å². The molecule has 0 saturated heterocycles. The minimum Gasteiger partial charge on any atom is -0.351 e. The Balaban J connectivity index is 1.82. The van der Waals surface area contributed by atoms with Crippen LogP contribution in [0, 0.1) is 0 Å². The number of hydrogen-bond acceptors (Lipinski definition) is 3. The molecule has 0 aliphatic heterocycles. The Labute approximate surface area is 181 Å². The normalized spacial score (nSPS) is 11.7. The average molecular weight is 431 g/mol. The Morgan fingerprint density at radius 3 is 2.55 bits per heavy atom. The zero-order valence-electron chi connectivity index (χ0n) is 16.9. The maximum absolute atomic E-state index is 13.0. The van der Waals surface area contributed by atoms with Gasteiger partial charge in [0.15, 0.2) is 5.82 Å². The second-order valence-corrected chi connectivity index (χ2v) is 8.71. The van der Waals surface area contributed by atoms with E-state index in [1.54, 1.807) is 23.1 Å². The lowest BCUT2D eigenvalue weighted by Gasteiger charge is -2.26. The van der Waals surface area contributed by atoms with Gasteiger partial charge < -0.3 is 5.32 Å². The molecular formula is C22H24Cl2N4O. The smallest absolute Gasteiger partial charge is 0.254 e. The van der Waals surface area contributed by atoms with Gasteiger partial charge >= 0.3 is 0 Å². The van der Waals surface area contributed by atoms with Crippen LogP contribution in [0.25, 0.3) is 5.82 Å². The number of nitrogens with one attached hydrogen (secondary N) is 1. The molecule has 0 aliphatic carbocycles. The molecule has 5 nitrogen and oxygen atoms in total. The number of halogens is 2. The highest BCUT2D eigenvalue weighted by molar-refractivity contribution is 6.42. The molecule has 3 rings (SSSR count). The Morgan fingerprint density at radius 2 is 1.93 bits per heavy atom. The van der Waals surface area contributed by atoms with Crippen LogP contribution in [0.2, 0.25) is 10.0 Å².